The highest BCUT2D eigenvalue weighted by Crippen LogP contribution is 2.20. The van der Waals surface area contributed by atoms with Crippen molar-refractivity contribution in [2.45, 2.75) is 13.8 Å². The molecule has 5 nitrogen and oxygen atoms in total. The van der Waals surface area contributed by atoms with Crippen LogP contribution in [0.1, 0.15) is 21.5 Å². The van der Waals surface area contributed by atoms with E-state index in [1.807, 2.05) is 32.0 Å². The van der Waals surface area contributed by atoms with Crippen molar-refractivity contribution < 1.29 is 18.7 Å². The summed E-state index contributed by atoms with van der Waals surface area (Å²) in [5.74, 6) is -0.800. The van der Waals surface area contributed by atoms with Crippen LogP contribution in [0.25, 0.3) is 0 Å². The molecule has 3 aromatic carbocycles. The predicted molar refractivity (Wildman–Crippen MR) is 111 cm³/mol. The number of para-hydroxylation sites is 1. The fourth-order valence-electron chi connectivity index (χ4n) is 2.68. The number of carbonyl (C=O) groups excluding carboxylic acids is 2. The lowest BCUT2D eigenvalue weighted by Gasteiger charge is -2.11. The van der Waals surface area contributed by atoms with Crippen molar-refractivity contribution in [2.24, 2.45) is 0 Å². The molecule has 3 aromatic rings. The summed E-state index contributed by atoms with van der Waals surface area (Å²) in [5.41, 5.74) is 3.44. The van der Waals surface area contributed by atoms with Gasteiger partial charge in [-0.2, -0.15) is 0 Å². The lowest BCUT2D eigenvalue weighted by atomic mass is 10.1. The van der Waals surface area contributed by atoms with E-state index in [2.05, 4.69) is 10.6 Å². The minimum atomic E-state index is -0.514. The molecule has 0 unspecified atom stereocenters. The predicted octanol–water partition coefficient (Wildman–Crippen LogP) is 4.71. The van der Waals surface area contributed by atoms with Crippen LogP contribution in [-0.2, 0) is 4.79 Å². The van der Waals surface area contributed by atoms with Crippen LogP contribution in [0.2, 0.25) is 0 Å². The number of halogens is 1. The summed E-state index contributed by atoms with van der Waals surface area (Å²) < 4.78 is 18.9. The molecule has 0 saturated heterocycles. The molecule has 148 valence electrons. The second kappa shape index (κ2) is 9.01. The molecule has 0 bridgehead atoms. The highest BCUT2D eigenvalue weighted by molar-refractivity contribution is 6.04. The molecule has 0 saturated carbocycles. The molecule has 6 heteroatoms. The Balaban J connectivity index is 1.56. The minimum absolute atomic E-state index is 0.0968. The van der Waals surface area contributed by atoms with Gasteiger partial charge in [0, 0.05) is 11.3 Å². The quantitative estimate of drug-likeness (QED) is 0.638. The zero-order valence-electron chi connectivity index (χ0n) is 16.2. The third kappa shape index (κ3) is 5.19. The summed E-state index contributed by atoms with van der Waals surface area (Å²) in [5, 5.41) is 5.33. The third-order valence-electron chi connectivity index (χ3n) is 4.49. The maximum absolute atomic E-state index is 13.5. The van der Waals surface area contributed by atoms with Crippen LogP contribution in [0.4, 0.5) is 15.8 Å². The van der Waals surface area contributed by atoms with Crippen LogP contribution in [0.5, 0.6) is 5.75 Å². The highest BCUT2D eigenvalue weighted by Gasteiger charge is 2.10. The Kier molecular flexibility index (Phi) is 6.24. The number of benzene rings is 3. The van der Waals surface area contributed by atoms with Crippen molar-refractivity contribution in [3.8, 4) is 5.75 Å². The Hall–Kier alpha value is -3.67. The molecular weight excluding hydrogens is 371 g/mol. The molecule has 2 N–H and O–H groups in total. The first-order valence-corrected chi connectivity index (χ1v) is 9.09. The first-order valence-electron chi connectivity index (χ1n) is 9.09. The Labute approximate surface area is 168 Å². The van der Waals surface area contributed by atoms with E-state index in [4.69, 9.17) is 4.74 Å². The topological polar surface area (TPSA) is 67.4 Å². The van der Waals surface area contributed by atoms with Crippen LogP contribution in [0.15, 0.2) is 66.7 Å². The summed E-state index contributed by atoms with van der Waals surface area (Å²) in [6.07, 6.45) is 0. The van der Waals surface area contributed by atoms with Crippen LogP contribution >= 0.6 is 0 Å². The standard InChI is InChI=1S/C23H21FN2O3/c1-15-6-5-9-20(16(15)2)26-23(28)17-10-12-18(13-11-17)29-14-22(27)25-21-8-4-3-7-19(21)24/h3-13H,14H2,1-2H3,(H,25,27)(H,26,28). The largest absolute Gasteiger partial charge is 0.484 e. The van der Waals surface area contributed by atoms with Gasteiger partial charge in [-0.1, -0.05) is 24.3 Å². The number of carbonyl (C=O) groups is 2. The van der Waals surface area contributed by atoms with E-state index >= 15 is 0 Å². The van der Waals surface area contributed by atoms with E-state index in [0.717, 1.165) is 16.8 Å². The molecule has 2 amide bonds. The summed E-state index contributed by atoms with van der Waals surface area (Å²) in [6, 6.07) is 18.1. The number of hydrogen-bond acceptors (Lipinski definition) is 3. The zero-order valence-corrected chi connectivity index (χ0v) is 16.2. The first-order chi connectivity index (χ1) is 13.9. The number of ether oxygens (including phenoxy) is 1. The van der Waals surface area contributed by atoms with Gasteiger partial charge in [0.1, 0.15) is 11.6 Å². The number of rotatable bonds is 6. The van der Waals surface area contributed by atoms with Gasteiger partial charge in [0.25, 0.3) is 11.8 Å². The number of aryl methyl sites for hydroxylation is 1. The summed E-state index contributed by atoms with van der Waals surface area (Å²) in [4.78, 5) is 24.3. The Morgan fingerprint density at radius 1 is 0.862 bits per heavy atom. The normalized spacial score (nSPS) is 10.3. The van der Waals surface area contributed by atoms with Crippen LogP contribution in [0.3, 0.4) is 0 Å². The van der Waals surface area contributed by atoms with Crippen molar-refractivity contribution in [3.05, 3.63) is 89.2 Å². The average molecular weight is 392 g/mol. The van der Waals surface area contributed by atoms with Crippen LogP contribution in [0, 0.1) is 19.7 Å². The number of nitrogens with one attached hydrogen (secondary N) is 2. The van der Waals surface area contributed by atoms with Gasteiger partial charge in [0.2, 0.25) is 0 Å². The van der Waals surface area contributed by atoms with E-state index in [1.54, 1.807) is 36.4 Å². The van der Waals surface area contributed by atoms with E-state index in [-0.39, 0.29) is 18.2 Å². The lowest BCUT2D eigenvalue weighted by Crippen LogP contribution is -2.20. The number of hydrogen-bond donors (Lipinski definition) is 2. The van der Waals surface area contributed by atoms with Crippen molar-refractivity contribution in [3.63, 3.8) is 0 Å². The molecule has 0 aliphatic carbocycles. The van der Waals surface area contributed by atoms with Crippen molar-refractivity contribution in [2.75, 3.05) is 17.2 Å². The Morgan fingerprint density at radius 3 is 2.28 bits per heavy atom. The second-order valence-corrected chi connectivity index (χ2v) is 6.54. The van der Waals surface area contributed by atoms with E-state index in [9.17, 15) is 14.0 Å². The van der Waals surface area contributed by atoms with Gasteiger partial charge in [-0.05, 0) is 67.4 Å². The van der Waals surface area contributed by atoms with Gasteiger partial charge < -0.3 is 15.4 Å². The Morgan fingerprint density at radius 2 is 1.55 bits per heavy atom. The first kappa shape index (κ1) is 20.1. The second-order valence-electron chi connectivity index (χ2n) is 6.54. The van der Waals surface area contributed by atoms with Gasteiger partial charge in [-0.25, -0.2) is 4.39 Å². The van der Waals surface area contributed by atoms with Gasteiger partial charge in [-0.3, -0.25) is 9.59 Å². The molecule has 0 heterocycles. The van der Waals surface area contributed by atoms with E-state index < -0.39 is 11.7 Å². The molecule has 0 aliphatic heterocycles. The third-order valence-corrected chi connectivity index (χ3v) is 4.49. The summed E-state index contributed by atoms with van der Waals surface area (Å²) in [7, 11) is 0. The maximum atomic E-state index is 13.5. The van der Waals surface area contributed by atoms with Gasteiger partial charge >= 0.3 is 0 Å². The lowest BCUT2D eigenvalue weighted by molar-refractivity contribution is -0.118. The monoisotopic (exact) mass is 392 g/mol. The number of amides is 2. The van der Waals surface area contributed by atoms with Gasteiger partial charge in [-0.15, -0.1) is 0 Å². The molecule has 0 aromatic heterocycles. The molecular formula is C23H21FN2O3. The molecule has 3 rings (SSSR count). The van der Waals surface area contributed by atoms with Crippen LogP contribution < -0.4 is 15.4 Å². The number of anilines is 2. The summed E-state index contributed by atoms with van der Waals surface area (Å²) >= 11 is 0. The summed E-state index contributed by atoms with van der Waals surface area (Å²) in [6.45, 7) is 3.66. The molecule has 0 radical (unpaired) electrons. The van der Waals surface area contributed by atoms with Gasteiger partial charge in [0.15, 0.2) is 6.61 Å². The molecule has 29 heavy (non-hydrogen) atoms. The van der Waals surface area contributed by atoms with Gasteiger partial charge in [0.05, 0.1) is 5.69 Å². The fraction of sp³-hybridized carbons (Fsp3) is 0.130. The molecule has 0 spiro atoms. The molecule has 0 aliphatic rings. The zero-order chi connectivity index (χ0) is 20.8. The Bertz CT molecular complexity index is 1030. The SMILES string of the molecule is Cc1cccc(NC(=O)c2ccc(OCC(=O)Nc3ccccc3F)cc2)c1C. The minimum Gasteiger partial charge on any atom is -0.484 e. The van der Waals surface area contributed by atoms with Crippen molar-refractivity contribution >= 4 is 23.2 Å². The highest BCUT2D eigenvalue weighted by atomic mass is 19.1. The molecule has 0 fully saturated rings. The maximum Gasteiger partial charge on any atom is 0.262 e. The van der Waals surface area contributed by atoms with Crippen molar-refractivity contribution in [1.82, 2.24) is 0 Å². The van der Waals surface area contributed by atoms with E-state index in [0.29, 0.717) is 11.3 Å². The fourth-order valence-corrected chi connectivity index (χ4v) is 2.68. The van der Waals surface area contributed by atoms with Crippen LogP contribution in [-0.4, -0.2) is 18.4 Å². The smallest absolute Gasteiger partial charge is 0.262 e. The molecule has 0 atom stereocenters. The van der Waals surface area contributed by atoms with Crippen molar-refractivity contribution in [1.29, 1.82) is 0 Å². The average Bonchev–Trinajstić information content (AvgIpc) is 2.72. The van der Waals surface area contributed by atoms with E-state index in [1.165, 1.54) is 12.1 Å².